The maximum absolute atomic E-state index is 11.0. The molecule has 0 aliphatic rings. The topological polar surface area (TPSA) is 344 Å². The second kappa shape index (κ2) is 54.1. The molecule has 0 fully saturated rings. The summed E-state index contributed by atoms with van der Waals surface area (Å²) in [7, 11) is -29.5. The van der Waals surface area contributed by atoms with Gasteiger partial charge in [-0.1, -0.05) is 252 Å². The molecule has 3 unspecified atom stereocenters. The van der Waals surface area contributed by atoms with Crippen LogP contribution in [0.1, 0.15) is 271 Å². The van der Waals surface area contributed by atoms with Gasteiger partial charge < -0.3 is 43.0 Å². The van der Waals surface area contributed by atoms with E-state index in [1.165, 1.54) is 135 Å². The first-order valence-electron chi connectivity index (χ1n) is 26.1. The molecule has 0 aliphatic carbocycles. The quantitative estimate of drug-likeness (QED) is 0.0220. The van der Waals surface area contributed by atoms with Crippen LogP contribution in [0.25, 0.3) is 0 Å². The van der Waals surface area contributed by atoms with E-state index in [0.717, 1.165) is 57.8 Å². The van der Waals surface area contributed by atoms with Crippen molar-refractivity contribution in [2.45, 2.75) is 286 Å². The predicted molar refractivity (Wildman–Crippen MR) is 274 cm³/mol. The number of unbranched alkanes of at least 4 members (excludes halogenated alkanes) is 33. The van der Waals surface area contributed by atoms with E-state index in [-0.39, 0.29) is 173 Å². The van der Waals surface area contributed by atoms with Crippen molar-refractivity contribution in [2.75, 3.05) is 0 Å². The van der Waals surface area contributed by atoms with Crippen LogP contribution < -0.4 is 154 Å². The molecule has 0 radical (unpaired) electrons. The average Bonchev–Trinajstić information content (AvgIpc) is 3.20. The van der Waals surface area contributed by atoms with Crippen molar-refractivity contribution in [1.82, 2.24) is 0 Å². The van der Waals surface area contributed by atoms with Crippen LogP contribution in [0, 0.1) is 0 Å². The fraction of sp³-hybridized carbons (Fsp3) is 1.00. The molecule has 0 saturated heterocycles. The first-order chi connectivity index (χ1) is 32.1. The number of hydrogen-bond acceptors (Lipinski definition) is 12. The molecule has 0 aliphatic heterocycles. The molecule has 0 heterocycles. The van der Waals surface area contributed by atoms with Gasteiger partial charge in [-0.3, -0.25) is 13.7 Å². The van der Waals surface area contributed by atoms with Crippen molar-refractivity contribution in [3.05, 3.63) is 0 Å². The van der Waals surface area contributed by atoms with Crippen molar-refractivity contribution < 1.29 is 236 Å². The Morgan fingerprint density at radius 3 is 0.486 bits per heavy atom. The maximum Gasteiger partial charge on any atom is 1.00 e. The Balaban J connectivity index is -0.000000222. The third-order valence-corrected chi connectivity index (χ3v) is 22.6. The van der Waals surface area contributed by atoms with E-state index >= 15 is 0 Å². The van der Waals surface area contributed by atoms with Crippen LogP contribution in [0.15, 0.2) is 0 Å². The molecule has 0 rings (SSSR count). The predicted octanol–water partition coefficient (Wildman–Crippen LogP) is 3.39. The third-order valence-electron chi connectivity index (χ3n) is 12.0. The zero-order valence-electron chi connectivity index (χ0n) is 45.5. The monoisotopic (exact) mass is 1230 g/mol. The molecule has 0 saturated carbocycles. The Labute approximate surface area is 566 Å². The Morgan fingerprint density at radius 1 is 0.278 bits per heavy atom. The summed E-state index contributed by atoms with van der Waals surface area (Å²) in [6.07, 6.45) is 38.4. The van der Waals surface area contributed by atoms with Gasteiger partial charge in [0.15, 0.2) is 15.0 Å². The van der Waals surface area contributed by atoms with Gasteiger partial charge in [-0.05, 0) is 19.3 Å². The van der Waals surface area contributed by atoms with E-state index in [9.17, 15) is 52.6 Å². The van der Waals surface area contributed by atoms with Crippen LogP contribution in [0.5, 0.6) is 0 Å². The average molecular weight is 1230 g/mol. The van der Waals surface area contributed by atoms with Gasteiger partial charge in [0.1, 0.15) is 30.4 Å². The Kier molecular flexibility index (Phi) is 66.3. The standard InChI is InChI=1S/3C15H33O6PS.3K/c3*1-2-3-4-5-6-7-8-9-10-11-12-13-14-15(22(16,17)18)23(19,20)21;;;/h3*15H,2-14H2,1H3,(H2,16,17,18)(H,19,20,21);;;/q;;;3*+1/p-3. The summed E-state index contributed by atoms with van der Waals surface area (Å²) in [5, 5.41) is 0. The van der Waals surface area contributed by atoms with Gasteiger partial charge in [0.25, 0.3) is 0 Å². The van der Waals surface area contributed by atoms with Gasteiger partial charge in [0, 0.05) is 0 Å². The van der Waals surface area contributed by atoms with E-state index < -0.39 is 68.1 Å². The van der Waals surface area contributed by atoms with Gasteiger partial charge in [0.05, 0.1) is 0 Å². The zero-order valence-corrected chi connectivity index (χ0v) is 60.0. The van der Waals surface area contributed by atoms with Gasteiger partial charge in [-0.2, -0.15) is 0 Å². The molecule has 6 N–H and O–H groups in total. The zero-order chi connectivity index (χ0) is 53.3. The molecule has 27 heteroatoms. The fourth-order valence-electron chi connectivity index (χ4n) is 7.92. The minimum atomic E-state index is -4.95. The van der Waals surface area contributed by atoms with Crippen molar-refractivity contribution in [3.63, 3.8) is 0 Å². The maximum atomic E-state index is 11.0. The third kappa shape index (κ3) is 59.7. The van der Waals surface area contributed by atoms with Gasteiger partial charge in [-0.15, -0.1) is 0 Å². The number of hydrogen-bond donors (Lipinski definition) is 6. The smallest absolute Gasteiger partial charge is 0.747 e. The largest absolute Gasteiger partial charge is 1.00 e. The molecule has 72 heavy (non-hydrogen) atoms. The van der Waals surface area contributed by atoms with Gasteiger partial charge >= 0.3 is 177 Å². The van der Waals surface area contributed by atoms with Crippen molar-refractivity contribution in [1.29, 1.82) is 0 Å². The van der Waals surface area contributed by atoms with E-state index in [4.69, 9.17) is 29.4 Å². The summed E-state index contributed by atoms with van der Waals surface area (Å²) >= 11 is 0. The first-order valence-corrected chi connectivity index (χ1v) is 35.5. The molecule has 0 amide bonds. The second-order valence-electron chi connectivity index (χ2n) is 18.6. The van der Waals surface area contributed by atoms with Crippen LogP contribution in [0.4, 0.5) is 0 Å². The van der Waals surface area contributed by atoms with Gasteiger partial charge in [0.2, 0.25) is 0 Å². The van der Waals surface area contributed by atoms with E-state index in [1.54, 1.807) is 0 Å². The van der Waals surface area contributed by atoms with Crippen LogP contribution in [0.2, 0.25) is 0 Å². The molecule has 0 aromatic carbocycles. The first kappa shape index (κ1) is 88.3. The summed E-state index contributed by atoms with van der Waals surface area (Å²) in [5.74, 6) is 0. The SMILES string of the molecule is CCCCCCCCCCCCCCC(P(=O)(O)O)S(=O)(=O)[O-].CCCCCCCCCCCCCCC(P(=O)(O)O)S(=O)(=O)[O-].CCCCCCCCCCCCCCC(P(=O)(O)O)S(=O)(=O)[O-].[K+].[K+].[K+]. The van der Waals surface area contributed by atoms with Crippen molar-refractivity contribution >= 4 is 53.1 Å². The van der Waals surface area contributed by atoms with E-state index in [1.807, 2.05) is 0 Å². The fourth-order valence-corrected chi connectivity index (χ4v) is 14.9. The Bertz CT molecular complexity index is 1510. The molecular formula is C45H96K3O18P3S3. The Hall–Kier alpha value is 5.09. The molecule has 0 bridgehead atoms. The summed E-state index contributed by atoms with van der Waals surface area (Å²) in [5.41, 5.74) is 0. The second-order valence-corrected chi connectivity index (χ2v) is 29.8. The molecule has 0 spiro atoms. The number of rotatable bonds is 45. The Morgan fingerprint density at radius 2 is 0.389 bits per heavy atom. The molecule has 0 aromatic rings. The molecule has 420 valence electrons. The van der Waals surface area contributed by atoms with Crippen LogP contribution in [0.3, 0.4) is 0 Å². The summed E-state index contributed by atoms with van der Waals surface area (Å²) in [4.78, 5) is 47.3. The van der Waals surface area contributed by atoms with Crippen molar-refractivity contribution in [2.24, 2.45) is 0 Å². The van der Waals surface area contributed by atoms with Crippen LogP contribution >= 0.6 is 22.8 Å². The van der Waals surface area contributed by atoms with E-state index in [0.29, 0.717) is 38.5 Å². The minimum absolute atomic E-state index is 0. The molecular weight excluding hydrogens is 1130 g/mol. The minimum Gasteiger partial charge on any atom is -0.747 e. The molecule has 3 atom stereocenters. The van der Waals surface area contributed by atoms with Gasteiger partial charge in [-0.25, -0.2) is 25.3 Å². The summed E-state index contributed by atoms with van der Waals surface area (Å²) in [6, 6.07) is 0. The van der Waals surface area contributed by atoms with Crippen LogP contribution in [-0.2, 0) is 44.0 Å². The molecule has 18 nitrogen and oxygen atoms in total. The summed E-state index contributed by atoms with van der Waals surface area (Å²) < 4.78 is 131. The van der Waals surface area contributed by atoms with E-state index in [2.05, 4.69) is 20.8 Å². The van der Waals surface area contributed by atoms with Crippen molar-refractivity contribution in [3.8, 4) is 0 Å². The normalized spacial score (nSPS) is 13.5. The van der Waals surface area contributed by atoms with Crippen LogP contribution in [-0.4, -0.2) is 83.2 Å². The molecule has 0 aromatic heterocycles. The summed E-state index contributed by atoms with van der Waals surface area (Å²) in [6.45, 7) is 6.61.